The van der Waals surface area contributed by atoms with Crippen molar-refractivity contribution in [3.05, 3.63) is 0 Å². The van der Waals surface area contributed by atoms with Crippen molar-refractivity contribution in [3.63, 3.8) is 0 Å². The van der Waals surface area contributed by atoms with E-state index in [1.807, 2.05) is 0 Å². The van der Waals surface area contributed by atoms with Crippen LogP contribution in [-0.4, -0.2) is 20.9 Å². The molecule has 0 aromatic heterocycles. The summed E-state index contributed by atoms with van der Waals surface area (Å²) in [5, 5.41) is 0. The van der Waals surface area contributed by atoms with E-state index in [1.165, 1.54) is 0 Å². The summed E-state index contributed by atoms with van der Waals surface area (Å²) < 4.78 is 0. The lowest BCUT2D eigenvalue weighted by Gasteiger charge is -2.25. The van der Waals surface area contributed by atoms with Gasteiger partial charge in [-0.25, -0.2) is 0 Å². The highest BCUT2D eigenvalue weighted by Gasteiger charge is 2.12. The maximum Gasteiger partial charge on any atom is 0.204 e. The van der Waals surface area contributed by atoms with Crippen LogP contribution in [0.5, 0.6) is 0 Å². The molecule has 0 amide bonds. The van der Waals surface area contributed by atoms with E-state index in [0.29, 0.717) is 0 Å². The van der Waals surface area contributed by atoms with E-state index in [9.17, 15) is 0 Å². The molecular formula is C8H21N2Si. The van der Waals surface area contributed by atoms with Gasteiger partial charge in [-0.3, -0.25) is 0 Å². The highest BCUT2D eigenvalue weighted by Crippen LogP contribution is 1.98. The summed E-state index contributed by atoms with van der Waals surface area (Å²) in [5.74, 6) is 0. The van der Waals surface area contributed by atoms with Crippen LogP contribution >= 0.6 is 0 Å². The summed E-state index contributed by atoms with van der Waals surface area (Å²) in [6.45, 7) is 13.1. The smallest absolute Gasteiger partial charge is 0.204 e. The highest BCUT2D eigenvalue weighted by atomic mass is 28.2. The van der Waals surface area contributed by atoms with Crippen molar-refractivity contribution >= 4 is 9.84 Å². The lowest BCUT2D eigenvalue weighted by Crippen LogP contribution is -2.50. The molecule has 0 aromatic rings. The lowest BCUT2D eigenvalue weighted by atomic mass is 10.1. The van der Waals surface area contributed by atoms with Crippen LogP contribution in [0.3, 0.4) is 0 Å². The SMILES string of the molecule is CC(C)(C)N[SiH]NC(C)(C)C. The van der Waals surface area contributed by atoms with Gasteiger partial charge in [0.1, 0.15) is 0 Å². The van der Waals surface area contributed by atoms with Gasteiger partial charge in [0.15, 0.2) is 0 Å². The summed E-state index contributed by atoms with van der Waals surface area (Å²) in [5.41, 5.74) is 0.487. The quantitative estimate of drug-likeness (QED) is 0.610. The molecule has 0 spiro atoms. The molecule has 0 saturated heterocycles. The summed E-state index contributed by atoms with van der Waals surface area (Å²) in [6.07, 6.45) is 0. The Bertz CT molecular complexity index is 96.2. The number of rotatable bonds is 2. The van der Waals surface area contributed by atoms with E-state index >= 15 is 0 Å². The van der Waals surface area contributed by atoms with Gasteiger partial charge in [-0.1, -0.05) is 0 Å². The van der Waals surface area contributed by atoms with Gasteiger partial charge in [-0.05, 0) is 41.5 Å². The van der Waals surface area contributed by atoms with Gasteiger partial charge in [0.25, 0.3) is 0 Å². The summed E-state index contributed by atoms with van der Waals surface area (Å²) in [6, 6.07) is 0. The van der Waals surface area contributed by atoms with Crippen molar-refractivity contribution < 1.29 is 0 Å². The number of hydrogen-bond acceptors (Lipinski definition) is 2. The first kappa shape index (κ1) is 11.1. The lowest BCUT2D eigenvalue weighted by molar-refractivity contribution is 0.485. The van der Waals surface area contributed by atoms with Gasteiger partial charge in [0.05, 0.1) is 0 Å². The maximum absolute atomic E-state index is 3.45. The summed E-state index contributed by atoms with van der Waals surface area (Å²) >= 11 is 0. The van der Waals surface area contributed by atoms with Crippen molar-refractivity contribution in [1.29, 1.82) is 0 Å². The molecule has 0 aliphatic heterocycles. The van der Waals surface area contributed by atoms with Crippen LogP contribution in [0, 0.1) is 0 Å². The van der Waals surface area contributed by atoms with Crippen LogP contribution in [0.2, 0.25) is 0 Å². The fourth-order valence-electron chi connectivity index (χ4n) is 0.469. The Morgan fingerprint density at radius 3 is 1.18 bits per heavy atom. The number of nitrogens with one attached hydrogen (secondary N) is 2. The Morgan fingerprint density at radius 2 is 1.00 bits per heavy atom. The first-order chi connectivity index (χ1) is 4.71. The van der Waals surface area contributed by atoms with Gasteiger partial charge in [0, 0.05) is 11.1 Å². The second kappa shape index (κ2) is 3.69. The van der Waals surface area contributed by atoms with Gasteiger partial charge in [-0.2, -0.15) is 0 Å². The summed E-state index contributed by atoms with van der Waals surface area (Å²) in [4.78, 5) is 6.90. The first-order valence-corrected chi connectivity index (χ1v) is 5.23. The predicted octanol–water partition coefficient (Wildman–Crippen LogP) is 1.03. The van der Waals surface area contributed by atoms with E-state index in [0.717, 1.165) is 0 Å². The molecule has 0 aromatic carbocycles. The van der Waals surface area contributed by atoms with Crippen LogP contribution in [0.4, 0.5) is 0 Å². The van der Waals surface area contributed by atoms with Gasteiger partial charge < -0.3 is 9.96 Å². The second-order valence-corrected chi connectivity index (χ2v) is 5.80. The maximum atomic E-state index is 3.45. The molecule has 11 heavy (non-hydrogen) atoms. The molecule has 0 fully saturated rings. The Balaban J connectivity index is 3.44. The predicted molar refractivity (Wildman–Crippen MR) is 52.9 cm³/mol. The van der Waals surface area contributed by atoms with Crippen LogP contribution < -0.4 is 9.96 Å². The van der Waals surface area contributed by atoms with Crippen LogP contribution in [0.1, 0.15) is 41.5 Å². The average Bonchev–Trinajstić information content (AvgIpc) is 1.55. The molecule has 2 N–H and O–H groups in total. The largest absolute Gasteiger partial charge is 0.324 e. The third-order valence-electron chi connectivity index (χ3n) is 1.01. The van der Waals surface area contributed by atoms with Crippen molar-refractivity contribution in [1.82, 2.24) is 9.96 Å². The van der Waals surface area contributed by atoms with E-state index < -0.39 is 0 Å². The van der Waals surface area contributed by atoms with Gasteiger partial charge in [0.2, 0.25) is 9.84 Å². The molecule has 0 saturated carbocycles. The molecule has 0 heterocycles. The first-order valence-electron chi connectivity index (χ1n) is 4.08. The topological polar surface area (TPSA) is 24.1 Å². The third-order valence-corrected chi connectivity index (χ3v) is 3.03. The minimum atomic E-state index is 0.169. The normalized spacial score (nSPS) is 13.6. The minimum absolute atomic E-state index is 0.169. The Labute approximate surface area is 73.1 Å². The van der Waals surface area contributed by atoms with Crippen molar-refractivity contribution in [3.8, 4) is 0 Å². The zero-order chi connectivity index (χ0) is 9.12. The Hall–Kier alpha value is 0.137. The molecule has 0 aliphatic carbocycles. The molecule has 0 aliphatic rings. The fraction of sp³-hybridized carbons (Fsp3) is 1.00. The molecule has 0 unspecified atom stereocenters. The van der Waals surface area contributed by atoms with Crippen LogP contribution in [0.15, 0.2) is 0 Å². The molecule has 0 atom stereocenters. The fourth-order valence-corrected chi connectivity index (χ4v) is 1.41. The van der Waals surface area contributed by atoms with Crippen molar-refractivity contribution in [2.45, 2.75) is 52.6 Å². The van der Waals surface area contributed by atoms with Gasteiger partial charge in [-0.15, -0.1) is 0 Å². The molecule has 0 rings (SSSR count). The van der Waals surface area contributed by atoms with Crippen LogP contribution in [-0.2, 0) is 0 Å². The monoisotopic (exact) mass is 173 g/mol. The van der Waals surface area contributed by atoms with E-state index in [2.05, 4.69) is 51.5 Å². The van der Waals surface area contributed by atoms with Crippen LogP contribution in [0.25, 0.3) is 0 Å². The average molecular weight is 173 g/mol. The van der Waals surface area contributed by atoms with E-state index in [4.69, 9.17) is 0 Å². The highest BCUT2D eigenvalue weighted by molar-refractivity contribution is 6.29. The summed E-state index contributed by atoms with van der Waals surface area (Å²) in [7, 11) is 0.169. The van der Waals surface area contributed by atoms with E-state index in [1.54, 1.807) is 0 Å². The molecule has 3 heteroatoms. The molecular weight excluding hydrogens is 152 g/mol. The standard InChI is InChI=1S/C8H21N2Si/c1-7(2,3)9-11-10-8(4,5)6/h9-11H,1-6H3. The van der Waals surface area contributed by atoms with Crippen molar-refractivity contribution in [2.75, 3.05) is 0 Å². The Morgan fingerprint density at radius 1 is 0.727 bits per heavy atom. The molecule has 2 nitrogen and oxygen atoms in total. The number of hydrogen-bond donors (Lipinski definition) is 2. The molecule has 0 bridgehead atoms. The van der Waals surface area contributed by atoms with Crippen molar-refractivity contribution in [2.24, 2.45) is 0 Å². The molecule has 1 radical (unpaired) electrons. The minimum Gasteiger partial charge on any atom is -0.324 e. The zero-order valence-corrected chi connectivity index (χ0v) is 9.73. The molecule has 67 valence electrons. The third kappa shape index (κ3) is 10.1. The zero-order valence-electron chi connectivity index (χ0n) is 8.58. The van der Waals surface area contributed by atoms with Gasteiger partial charge >= 0.3 is 0 Å². The second-order valence-electron chi connectivity index (χ2n) is 4.93. The Kier molecular flexibility index (Phi) is 3.74. The van der Waals surface area contributed by atoms with E-state index in [-0.39, 0.29) is 20.9 Å².